The fourth-order valence-electron chi connectivity index (χ4n) is 2.85. The molecule has 0 heterocycles. The van der Waals surface area contributed by atoms with E-state index in [1.54, 1.807) is 27.7 Å². The van der Waals surface area contributed by atoms with Gasteiger partial charge in [-0.15, -0.1) is 0 Å². The lowest BCUT2D eigenvalue weighted by Gasteiger charge is -2.29. The molecular formula is C20H38NO9P. The molecular weight excluding hydrogens is 429 g/mol. The molecule has 0 radical (unpaired) electrons. The molecule has 0 aromatic carbocycles. The van der Waals surface area contributed by atoms with E-state index in [-0.39, 0.29) is 57.5 Å². The minimum absolute atomic E-state index is 0.0526. The largest absolute Gasteiger partial charge is 0.508 e. The topological polar surface area (TPSA) is 119 Å². The van der Waals surface area contributed by atoms with Gasteiger partial charge in [0.1, 0.15) is 0 Å². The van der Waals surface area contributed by atoms with Gasteiger partial charge >= 0.3 is 20.1 Å². The lowest BCUT2D eigenvalue weighted by Crippen LogP contribution is -2.31. The van der Waals surface area contributed by atoms with Gasteiger partial charge in [-0.05, 0) is 26.7 Å². The molecule has 182 valence electrons. The molecule has 0 bridgehead atoms. The summed E-state index contributed by atoms with van der Waals surface area (Å²) in [6.45, 7) is 7.76. The predicted molar refractivity (Wildman–Crippen MR) is 114 cm³/mol. The van der Waals surface area contributed by atoms with Gasteiger partial charge in [0.15, 0.2) is 0 Å². The molecule has 0 saturated heterocycles. The van der Waals surface area contributed by atoms with Crippen molar-refractivity contribution in [3.8, 4) is 0 Å². The summed E-state index contributed by atoms with van der Waals surface area (Å²) in [7, 11) is -3.61. The maximum Gasteiger partial charge on any atom is 0.508 e. The summed E-state index contributed by atoms with van der Waals surface area (Å²) in [5.74, 6) is -0.418. The van der Waals surface area contributed by atoms with Crippen LogP contribution in [0.4, 0.5) is 9.59 Å². The third-order valence-corrected chi connectivity index (χ3v) is 6.16. The van der Waals surface area contributed by atoms with Crippen LogP contribution >= 0.6 is 7.75 Å². The van der Waals surface area contributed by atoms with E-state index in [1.807, 2.05) is 0 Å². The van der Waals surface area contributed by atoms with Crippen LogP contribution in [0.15, 0.2) is 0 Å². The van der Waals surface area contributed by atoms with Crippen LogP contribution in [0.1, 0.15) is 59.8 Å². The second-order valence-corrected chi connectivity index (χ2v) is 9.52. The number of hydrogen-bond acceptors (Lipinski definition) is 9. The molecule has 1 rings (SSSR count). The molecule has 2 atom stereocenters. The zero-order valence-electron chi connectivity index (χ0n) is 19.1. The van der Waals surface area contributed by atoms with Gasteiger partial charge in [-0.25, -0.2) is 19.2 Å². The molecule has 0 amide bonds. The van der Waals surface area contributed by atoms with Crippen LogP contribution in [-0.4, -0.2) is 58.0 Å². The van der Waals surface area contributed by atoms with E-state index in [9.17, 15) is 14.2 Å². The smallest absolute Gasteiger partial charge is 0.435 e. The van der Waals surface area contributed by atoms with Gasteiger partial charge in [0.25, 0.3) is 0 Å². The minimum Gasteiger partial charge on any atom is -0.435 e. The first-order valence-corrected chi connectivity index (χ1v) is 12.6. The van der Waals surface area contributed by atoms with E-state index in [0.29, 0.717) is 0 Å². The standard InChI is InChI=1S/C20H38NO9P/c1-5-25-19(22)27-12-16(3)14-29-31(24,21-18-10-8-7-9-11-18)30-15-17(4)13-28-20(23)26-6-2/h16-18H,5-15H2,1-4H3,(H,21,24). The Kier molecular flexibility index (Phi) is 13.8. The Morgan fingerprint density at radius 1 is 0.806 bits per heavy atom. The van der Waals surface area contributed by atoms with Gasteiger partial charge in [0.2, 0.25) is 0 Å². The lowest BCUT2D eigenvalue weighted by atomic mass is 9.96. The summed E-state index contributed by atoms with van der Waals surface area (Å²) in [5.41, 5.74) is 0. The molecule has 1 aliphatic carbocycles. The second-order valence-electron chi connectivity index (χ2n) is 7.75. The summed E-state index contributed by atoms with van der Waals surface area (Å²) in [6, 6.07) is 0.0526. The highest BCUT2D eigenvalue weighted by Crippen LogP contribution is 2.46. The molecule has 1 N–H and O–H groups in total. The van der Waals surface area contributed by atoms with Gasteiger partial charge in [-0.1, -0.05) is 33.1 Å². The van der Waals surface area contributed by atoms with E-state index in [2.05, 4.69) is 5.09 Å². The average Bonchev–Trinajstić information content (AvgIpc) is 2.75. The first kappa shape index (κ1) is 27.7. The van der Waals surface area contributed by atoms with Crippen LogP contribution in [-0.2, 0) is 32.6 Å². The van der Waals surface area contributed by atoms with Gasteiger partial charge in [0, 0.05) is 17.9 Å². The molecule has 31 heavy (non-hydrogen) atoms. The van der Waals surface area contributed by atoms with Crippen molar-refractivity contribution in [3.05, 3.63) is 0 Å². The van der Waals surface area contributed by atoms with Crippen LogP contribution in [0.5, 0.6) is 0 Å². The number of carbonyl (C=O) groups is 2. The molecule has 1 saturated carbocycles. The summed E-state index contributed by atoms with van der Waals surface area (Å²) < 4.78 is 44.1. The highest BCUT2D eigenvalue weighted by atomic mass is 31.2. The highest BCUT2D eigenvalue weighted by Gasteiger charge is 2.31. The Morgan fingerprint density at radius 2 is 1.26 bits per heavy atom. The highest BCUT2D eigenvalue weighted by molar-refractivity contribution is 7.51. The van der Waals surface area contributed by atoms with Crippen molar-refractivity contribution in [2.75, 3.05) is 39.6 Å². The zero-order chi connectivity index (χ0) is 23.1. The molecule has 0 aromatic heterocycles. The average molecular weight is 467 g/mol. The number of rotatable bonds is 14. The Bertz CT molecular complexity index is 533. The van der Waals surface area contributed by atoms with Crippen molar-refractivity contribution in [1.29, 1.82) is 0 Å². The van der Waals surface area contributed by atoms with Crippen LogP contribution in [0.3, 0.4) is 0 Å². The summed E-state index contributed by atoms with van der Waals surface area (Å²) in [6.07, 6.45) is 3.60. The van der Waals surface area contributed by atoms with Crippen molar-refractivity contribution >= 4 is 20.1 Å². The summed E-state index contributed by atoms with van der Waals surface area (Å²) >= 11 is 0. The lowest BCUT2D eigenvalue weighted by molar-refractivity contribution is 0.0384. The molecule has 1 fully saturated rings. The monoisotopic (exact) mass is 467 g/mol. The first-order valence-electron chi connectivity index (χ1n) is 11.0. The molecule has 11 heteroatoms. The Labute approximate surface area is 185 Å². The van der Waals surface area contributed by atoms with Gasteiger partial charge < -0.3 is 18.9 Å². The van der Waals surface area contributed by atoms with Crippen molar-refractivity contribution in [1.82, 2.24) is 5.09 Å². The molecule has 1 aliphatic rings. The second kappa shape index (κ2) is 15.5. The fourth-order valence-corrected chi connectivity index (χ4v) is 4.68. The summed E-state index contributed by atoms with van der Waals surface area (Å²) in [5, 5.41) is 3.06. The number of carbonyl (C=O) groups excluding carboxylic acids is 2. The van der Waals surface area contributed by atoms with Crippen LogP contribution in [0, 0.1) is 11.8 Å². The van der Waals surface area contributed by atoms with Crippen molar-refractivity contribution in [2.45, 2.75) is 65.8 Å². The SMILES string of the molecule is CCOC(=O)OCC(C)COP(=O)(NC1CCCCC1)OCC(C)COC(=O)OCC. The molecule has 0 spiro atoms. The normalized spacial score (nSPS) is 18.5. The van der Waals surface area contributed by atoms with E-state index in [4.69, 9.17) is 28.0 Å². The molecule has 10 nitrogen and oxygen atoms in total. The van der Waals surface area contributed by atoms with Crippen molar-refractivity contribution < 1.29 is 42.1 Å². The Balaban J connectivity index is 2.55. The van der Waals surface area contributed by atoms with E-state index >= 15 is 0 Å². The first-order chi connectivity index (χ1) is 14.8. The van der Waals surface area contributed by atoms with Gasteiger partial charge in [-0.3, -0.25) is 9.05 Å². The van der Waals surface area contributed by atoms with Crippen LogP contribution < -0.4 is 5.09 Å². The number of nitrogens with one attached hydrogen (secondary N) is 1. The van der Waals surface area contributed by atoms with Gasteiger partial charge in [0.05, 0.1) is 39.6 Å². The third kappa shape index (κ3) is 12.9. The van der Waals surface area contributed by atoms with Crippen molar-refractivity contribution in [3.63, 3.8) is 0 Å². The predicted octanol–water partition coefficient (Wildman–Crippen LogP) is 4.67. The quantitative estimate of drug-likeness (QED) is 0.285. The Morgan fingerprint density at radius 3 is 1.68 bits per heavy atom. The molecule has 0 aliphatic heterocycles. The number of ether oxygens (including phenoxy) is 4. The molecule has 0 aromatic rings. The van der Waals surface area contributed by atoms with E-state index < -0.39 is 20.1 Å². The van der Waals surface area contributed by atoms with Gasteiger partial charge in [-0.2, -0.15) is 0 Å². The molecule has 2 unspecified atom stereocenters. The van der Waals surface area contributed by atoms with E-state index in [0.717, 1.165) is 32.1 Å². The van der Waals surface area contributed by atoms with Crippen molar-refractivity contribution in [2.24, 2.45) is 11.8 Å². The van der Waals surface area contributed by atoms with E-state index in [1.165, 1.54) is 0 Å². The Hall–Kier alpha value is -1.35. The third-order valence-electron chi connectivity index (χ3n) is 4.50. The zero-order valence-corrected chi connectivity index (χ0v) is 20.0. The maximum absolute atomic E-state index is 13.4. The minimum atomic E-state index is -3.61. The number of hydrogen-bond donors (Lipinski definition) is 1. The maximum atomic E-state index is 13.4. The van der Waals surface area contributed by atoms with Crippen LogP contribution in [0.2, 0.25) is 0 Å². The van der Waals surface area contributed by atoms with Crippen LogP contribution in [0.25, 0.3) is 0 Å². The fraction of sp³-hybridized carbons (Fsp3) is 0.900. The summed E-state index contributed by atoms with van der Waals surface area (Å²) in [4.78, 5) is 22.6.